The largest absolute Gasteiger partial charge is 0.469 e. The topological polar surface area (TPSA) is 131 Å². The van der Waals surface area contributed by atoms with E-state index in [1.807, 2.05) is 11.6 Å². The molecule has 1 unspecified atom stereocenters. The monoisotopic (exact) mass is 374 g/mol. The molecule has 0 saturated heterocycles. The van der Waals surface area contributed by atoms with E-state index < -0.39 is 28.4 Å². The van der Waals surface area contributed by atoms with Gasteiger partial charge in [0.25, 0.3) is 0 Å². The molecule has 0 heterocycles. The molecule has 0 fully saturated rings. The summed E-state index contributed by atoms with van der Waals surface area (Å²) in [4.78, 5) is 23.4. The number of unbranched alkanes of at least 4 members (excludes halogenated alkanes) is 1. The Bertz CT molecular complexity index is 674. The van der Waals surface area contributed by atoms with Gasteiger partial charge in [-0.3, -0.25) is 14.1 Å². The van der Waals surface area contributed by atoms with E-state index in [9.17, 15) is 18.0 Å². The van der Waals surface area contributed by atoms with Gasteiger partial charge in [-0.25, -0.2) is 4.79 Å². The lowest BCUT2D eigenvalue weighted by molar-refractivity contribution is -0.141. The Hall–Kier alpha value is -2.33. The van der Waals surface area contributed by atoms with Crippen LogP contribution < -0.4 is 10.0 Å². The van der Waals surface area contributed by atoms with Gasteiger partial charge in [0.15, 0.2) is 0 Å². The lowest BCUT2D eigenvalue weighted by Crippen LogP contribution is -2.31. The summed E-state index contributed by atoms with van der Waals surface area (Å²) in [5, 5.41) is 2.58. The molecule has 1 atom stereocenters. The molecule has 0 aliphatic heterocycles. The fourth-order valence-electron chi connectivity index (χ4n) is 1.93. The van der Waals surface area contributed by atoms with Crippen molar-refractivity contribution in [1.29, 1.82) is 0 Å². The minimum Gasteiger partial charge on any atom is -0.469 e. The summed E-state index contributed by atoms with van der Waals surface area (Å²) in [7, 11) is -3.14. The Morgan fingerprint density at radius 3 is 2.40 bits per heavy atom. The minimum atomic E-state index is -4.38. The van der Waals surface area contributed by atoms with Crippen molar-refractivity contribution in [2.45, 2.75) is 32.2 Å². The minimum absolute atomic E-state index is 0.121. The van der Waals surface area contributed by atoms with Crippen molar-refractivity contribution < 1.29 is 32.0 Å². The molecule has 0 spiro atoms. The summed E-state index contributed by atoms with van der Waals surface area (Å²) in [5.74, 6) is -0.529. The first-order chi connectivity index (χ1) is 11.7. The third kappa shape index (κ3) is 8.36. The van der Waals surface area contributed by atoms with Gasteiger partial charge in [-0.1, -0.05) is 25.5 Å². The number of ether oxygens (including phenoxy) is 2. The van der Waals surface area contributed by atoms with Gasteiger partial charge in [0, 0.05) is 0 Å². The lowest BCUT2D eigenvalue weighted by Gasteiger charge is -2.18. The van der Waals surface area contributed by atoms with E-state index in [1.165, 1.54) is 31.4 Å². The van der Waals surface area contributed by atoms with Crippen LogP contribution in [0.5, 0.6) is 0 Å². The van der Waals surface area contributed by atoms with Crippen LogP contribution in [0, 0.1) is 0 Å². The molecular weight excluding hydrogens is 352 g/mol. The number of carbonyl (C=O) groups is 2. The van der Waals surface area contributed by atoms with Crippen LogP contribution in [0.15, 0.2) is 24.3 Å². The lowest BCUT2D eigenvalue weighted by atomic mass is 10.0. The molecule has 1 amide bonds. The Labute approximate surface area is 146 Å². The van der Waals surface area contributed by atoms with Crippen molar-refractivity contribution in [3.8, 4) is 0 Å². The number of nitrogens with one attached hydrogen (secondary N) is 2. The molecule has 3 N–H and O–H groups in total. The predicted octanol–water partition coefficient (Wildman–Crippen LogP) is 2.03. The number of esters is 1. The fourth-order valence-corrected chi connectivity index (χ4v) is 2.36. The maximum absolute atomic E-state index is 11.8. The van der Waals surface area contributed by atoms with Gasteiger partial charge in [-0.2, -0.15) is 8.42 Å². The SMILES string of the molecule is CCCCOC(=O)NC(CC(=O)OC)c1ccc(NS(=O)(=O)O)cc1. The Morgan fingerprint density at radius 2 is 1.88 bits per heavy atom. The molecule has 0 radical (unpaired) electrons. The van der Waals surface area contributed by atoms with Crippen LogP contribution in [-0.2, 0) is 24.6 Å². The molecule has 0 aromatic heterocycles. The number of hydrogen-bond donors (Lipinski definition) is 3. The van der Waals surface area contributed by atoms with Gasteiger partial charge >= 0.3 is 22.4 Å². The molecule has 0 saturated carbocycles. The summed E-state index contributed by atoms with van der Waals surface area (Å²) in [6.45, 7) is 2.23. The summed E-state index contributed by atoms with van der Waals surface area (Å²) < 4.78 is 41.8. The first-order valence-electron chi connectivity index (χ1n) is 7.60. The number of carbonyl (C=O) groups excluding carboxylic acids is 2. The Balaban J connectivity index is 2.84. The van der Waals surface area contributed by atoms with Gasteiger partial charge in [-0.05, 0) is 24.1 Å². The molecule has 9 nitrogen and oxygen atoms in total. The Morgan fingerprint density at radius 1 is 1.24 bits per heavy atom. The van der Waals surface area contributed by atoms with E-state index in [2.05, 4.69) is 10.1 Å². The van der Waals surface area contributed by atoms with Gasteiger partial charge < -0.3 is 14.8 Å². The summed E-state index contributed by atoms with van der Waals surface area (Å²) in [6.07, 6.45) is 0.818. The van der Waals surface area contributed by atoms with Crippen LogP contribution in [0.1, 0.15) is 37.8 Å². The van der Waals surface area contributed by atoms with E-state index in [1.54, 1.807) is 0 Å². The van der Waals surface area contributed by atoms with Crippen LogP contribution in [0.25, 0.3) is 0 Å². The first-order valence-corrected chi connectivity index (χ1v) is 9.04. The highest BCUT2D eigenvalue weighted by molar-refractivity contribution is 7.87. The molecule has 25 heavy (non-hydrogen) atoms. The van der Waals surface area contributed by atoms with Crippen LogP contribution in [0.2, 0.25) is 0 Å². The second-order valence-electron chi connectivity index (χ2n) is 5.17. The van der Waals surface area contributed by atoms with E-state index >= 15 is 0 Å². The van der Waals surface area contributed by atoms with Crippen molar-refractivity contribution in [3.63, 3.8) is 0 Å². The van der Waals surface area contributed by atoms with E-state index in [4.69, 9.17) is 9.29 Å². The number of alkyl carbamates (subject to hydrolysis) is 1. The molecule has 140 valence electrons. The maximum atomic E-state index is 11.8. The number of benzene rings is 1. The van der Waals surface area contributed by atoms with Gasteiger partial charge in [0.05, 0.1) is 31.9 Å². The van der Waals surface area contributed by atoms with Crippen molar-refractivity contribution in [1.82, 2.24) is 5.32 Å². The Kier molecular flexibility index (Phi) is 8.16. The average Bonchev–Trinajstić information content (AvgIpc) is 2.53. The maximum Gasteiger partial charge on any atom is 0.407 e. The number of methoxy groups -OCH3 is 1. The third-order valence-electron chi connectivity index (χ3n) is 3.18. The molecule has 1 rings (SSSR count). The van der Waals surface area contributed by atoms with Crippen molar-refractivity contribution in [2.24, 2.45) is 0 Å². The van der Waals surface area contributed by atoms with Gasteiger partial charge in [0.2, 0.25) is 0 Å². The van der Waals surface area contributed by atoms with Crippen molar-refractivity contribution in [3.05, 3.63) is 29.8 Å². The zero-order valence-corrected chi connectivity index (χ0v) is 14.8. The van der Waals surface area contributed by atoms with Crippen LogP contribution >= 0.6 is 0 Å². The quantitative estimate of drug-likeness (QED) is 0.342. The van der Waals surface area contributed by atoms with Crippen LogP contribution in [-0.4, -0.2) is 38.7 Å². The molecule has 1 aromatic carbocycles. The third-order valence-corrected chi connectivity index (χ3v) is 3.68. The van der Waals surface area contributed by atoms with E-state index in [-0.39, 0.29) is 18.7 Å². The zero-order valence-electron chi connectivity index (χ0n) is 14.0. The summed E-state index contributed by atoms with van der Waals surface area (Å²) >= 11 is 0. The second kappa shape index (κ2) is 9.84. The molecule has 1 aromatic rings. The number of hydrogen-bond acceptors (Lipinski definition) is 6. The normalized spacial score (nSPS) is 12.1. The van der Waals surface area contributed by atoms with Crippen molar-refractivity contribution in [2.75, 3.05) is 18.4 Å². The summed E-state index contributed by atoms with van der Waals surface area (Å²) in [6, 6.07) is 5.08. The molecule has 0 aliphatic carbocycles. The molecule has 0 aliphatic rings. The number of amides is 1. The fraction of sp³-hybridized carbons (Fsp3) is 0.467. The second-order valence-corrected chi connectivity index (χ2v) is 6.32. The average molecular weight is 374 g/mol. The first kappa shape index (κ1) is 20.7. The highest BCUT2D eigenvalue weighted by Crippen LogP contribution is 2.20. The van der Waals surface area contributed by atoms with Gasteiger partial charge in [0.1, 0.15) is 0 Å². The summed E-state index contributed by atoms with van der Waals surface area (Å²) in [5.41, 5.74) is 0.673. The van der Waals surface area contributed by atoms with E-state index in [0.29, 0.717) is 5.56 Å². The van der Waals surface area contributed by atoms with Gasteiger partial charge in [-0.15, -0.1) is 0 Å². The zero-order chi connectivity index (χ0) is 18.9. The number of anilines is 1. The molecular formula is C15H22N2O7S. The van der Waals surface area contributed by atoms with Crippen molar-refractivity contribution >= 4 is 28.1 Å². The number of rotatable bonds is 9. The predicted molar refractivity (Wildman–Crippen MR) is 90.4 cm³/mol. The smallest absolute Gasteiger partial charge is 0.407 e. The van der Waals surface area contributed by atoms with Crippen LogP contribution in [0.3, 0.4) is 0 Å². The van der Waals surface area contributed by atoms with Crippen LogP contribution in [0.4, 0.5) is 10.5 Å². The van der Waals surface area contributed by atoms with E-state index in [0.717, 1.165) is 12.8 Å². The highest BCUT2D eigenvalue weighted by Gasteiger charge is 2.20. The highest BCUT2D eigenvalue weighted by atomic mass is 32.2. The standard InChI is InChI=1S/C15H22N2O7S/c1-3-4-9-24-15(19)16-13(10-14(18)23-2)11-5-7-12(8-6-11)17-25(20,21)22/h5-8,13,17H,3-4,9-10H2,1-2H3,(H,16,19)(H,20,21,22). The molecule has 0 bridgehead atoms. The molecule has 10 heteroatoms.